The number of hydrogen-bond donors (Lipinski definition) is 0. The summed E-state index contributed by atoms with van der Waals surface area (Å²) < 4.78 is 9.87. The molecule has 20 heavy (non-hydrogen) atoms. The fourth-order valence-electron chi connectivity index (χ4n) is 3.18. The Balaban J connectivity index is 2.28. The third kappa shape index (κ3) is 1.95. The van der Waals surface area contributed by atoms with Crippen LogP contribution >= 0.6 is 11.6 Å². The van der Waals surface area contributed by atoms with E-state index in [4.69, 9.17) is 21.3 Å². The number of aromatic nitrogens is 4. The quantitative estimate of drug-likeness (QED) is 0.801. The molecular formula is C14H21ClN4O. The molecule has 0 saturated carbocycles. The summed E-state index contributed by atoms with van der Waals surface area (Å²) in [5.41, 5.74) is 2.83. The summed E-state index contributed by atoms with van der Waals surface area (Å²) in [7, 11) is 1.96. The lowest BCUT2D eigenvalue weighted by Gasteiger charge is -2.36. The van der Waals surface area contributed by atoms with Gasteiger partial charge in [0.15, 0.2) is 5.65 Å². The SMILES string of the molecule is Cc1nn(C)c2c1nc(C(C)Cl)n2C1(C)CCCOC1. The van der Waals surface area contributed by atoms with E-state index < -0.39 is 0 Å². The maximum Gasteiger partial charge on any atom is 0.159 e. The molecule has 2 atom stereocenters. The molecule has 0 radical (unpaired) electrons. The molecular weight excluding hydrogens is 276 g/mol. The van der Waals surface area contributed by atoms with Gasteiger partial charge in [-0.3, -0.25) is 4.68 Å². The number of rotatable bonds is 2. The van der Waals surface area contributed by atoms with Crippen molar-refractivity contribution in [3.8, 4) is 0 Å². The monoisotopic (exact) mass is 296 g/mol. The molecule has 5 nitrogen and oxygen atoms in total. The molecule has 1 aliphatic rings. The van der Waals surface area contributed by atoms with Crippen LogP contribution in [0.4, 0.5) is 0 Å². The lowest BCUT2D eigenvalue weighted by atomic mass is 9.94. The highest BCUT2D eigenvalue weighted by Crippen LogP contribution is 2.36. The zero-order chi connectivity index (χ0) is 14.5. The molecule has 1 fully saturated rings. The number of hydrogen-bond acceptors (Lipinski definition) is 3. The van der Waals surface area contributed by atoms with Crippen LogP contribution in [-0.2, 0) is 17.3 Å². The van der Waals surface area contributed by atoms with E-state index in [0.717, 1.165) is 42.1 Å². The van der Waals surface area contributed by atoms with Crippen molar-refractivity contribution in [3.05, 3.63) is 11.5 Å². The summed E-state index contributed by atoms with van der Waals surface area (Å²) in [5.74, 6) is 0.908. The molecule has 0 aliphatic carbocycles. The van der Waals surface area contributed by atoms with E-state index >= 15 is 0 Å². The van der Waals surface area contributed by atoms with Crippen molar-refractivity contribution >= 4 is 22.8 Å². The third-order valence-electron chi connectivity index (χ3n) is 4.14. The van der Waals surface area contributed by atoms with Crippen LogP contribution in [0.5, 0.6) is 0 Å². The molecule has 1 aliphatic heterocycles. The zero-order valence-electron chi connectivity index (χ0n) is 12.5. The van der Waals surface area contributed by atoms with Gasteiger partial charge in [-0.1, -0.05) is 0 Å². The molecule has 0 spiro atoms. The molecule has 3 rings (SSSR count). The van der Waals surface area contributed by atoms with Crippen molar-refractivity contribution in [2.75, 3.05) is 13.2 Å². The minimum Gasteiger partial charge on any atom is -0.379 e. The second-order valence-electron chi connectivity index (χ2n) is 5.96. The normalized spacial score (nSPS) is 25.2. The average molecular weight is 297 g/mol. The Morgan fingerprint density at radius 1 is 1.45 bits per heavy atom. The second-order valence-corrected chi connectivity index (χ2v) is 6.61. The number of nitrogens with zero attached hydrogens (tertiary/aromatic N) is 4. The molecule has 2 aromatic rings. The Bertz CT molecular complexity index is 637. The number of ether oxygens (including phenoxy) is 1. The smallest absolute Gasteiger partial charge is 0.159 e. The van der Waals surface area contributed by atoms with Crippen molar-refractivity contribution in [1.29, 1.82) is 0 Å². The van der Waals surface area contributed by atoms with Crippen LogP contribution in [0.3, 0.4) is 0 Å². The highest BCUT2D eigenvalue weighted by Gasteiger charge is 2.35. The molecule has 0 amide bonds. The van der Waals surface area contributed by atoms with Crippen LogP contribution in [0.2, 0.25) is 0 Å². The highest BCUT2D eigenvalue weighted by atomic mass is 35.5. The fraction of sp³-hybridized carbons (Fsp3) is 0.714. The first-order chi connectivity index (χ1) is 9.44. The average Bonchev–Trinajstić information content (AvgIpc) is 2.91. The maximum atomic E-state index is 6.37. The Morgan fingerprint density at radius 3 is 2.80 bits per heavy atom. The molecule has 2 unspecified atom stereocenters. The minimum atomic E-state index is -0.138. The van der Waals surface area contributed by atoms with E-state index in [-0.39, 0.29) is 10.9 Å². The molecule has 0 bridgehead atoms. The van der Waals surface area contributed by atoms with E-state index in [0.29, 0.717) is 6.61 Å². The summed E-state index contributed by atoms with van der Waals surface area (Å²) in [4.78, 5) is 4.75. The van der Waals surface area contributed by atoms with Crippen molar-refractivity contribution in [2.45, 2.75) is 44.5 Å². The van der Waals surface area contributed by atoms with Gasteiger partial charge in [0, 0.05) is 13.7 Å². The van der Waals surface area contributed by atoms with Gasteiger partial charge in [0.25, 0.3) is 0 Å². The maximum absolute atomic E-state index is 6.37. The van der Waals surface area contributed by atoms with Crippen molar-refractivity contribution in [3.63, 3.8) is 0 Å². The minimum absolute atomic E-state index is 0.105. The second kappa shape index (κ2) is 4.74. The van der Waals surface area contributed by atoms with E-state index in [1.54, 1.807) is 0 Å². The molecule has 2 aromatic heterocycles. The van der Waals surface area contributed by atoms with E-state index in [9.17, 15) is 0 Å². The van der Waals surface area contributed by atoms with Crippen LogP contribution in [0, 0.1) is 6.92 Å². The lowest BCUT2D eigenvalue weighted by molar-refractivity contribution is 0.00964. The molecule has 0 N–H and O–H groups in total. The van der Waals surface area contributed by atoms with Gasteiger partial charge in [-0.2, -0.15) is 5.10 Å². The number of imidazole rings is 1. The van der Waals surface area contributed by atoms with E-state index in [1.807, 2.05) is 25.6 Å². The van der Waals surface area contributed by atoms with Crippen LogP contribution in [-0.4, -0.2) is 32.5 Å². The Kier molecular flexibility index (Phi) is 3.29. The number of aryl methyl sites for hydroxylation is 2. The first-order valence-corrected chi connectivity index (χ1v) is 7.52. The lowest BCUT2D eigenvalue weighted by Crippen LogP contribution is -2.40. The summed E-state index contributed by atoms with van der Waals surface area (Å²) >= 11 is 6.37. The number of alkyl halides is 1. The molecule has 1 saturated heterocycles. The Hall–Kier alpha value is -1.07. The Labute approximate surface area is 123 Å². The van der Waals surface area contributed by atoms with E-state index in [1.165, 1.54) is 0 Å². The van der Waals surface area contributed by atoms with Gasteiger partial charge in [-0.05, 0) is 33.6 Å². The molecule has 6 heteroatoms. The largest absolute Gasteiger partial charge is 0.379 e. The van der Waals surface area contributed by atoms with Gasteiger partial charge < -0.3 is 9.30 Å². The van der Waals surface area contributed by atoms with Gasteiger partial charge in [-0.25, -0.2) is 4.98 Å². The van der Waals surface area contributed by atoms with E-state index in [2.05, 4.69) is 16.6 Å². The topological polar surface area (TPSA) is 44.9 Å². The molecule has 3 heterocycles. The first kappa shape index (κ1) is 13.9. The van der Waals surface area contributed by atoms with Gasteiger partial charge >= 0.3 is 0 Å². The highest BCUT2D eigenvalue weighted by molar-refractivity contribution is 6.20. The van der Waals surface area contributed by atoms with Gasteiger partial charge in [-0.15, -0.1) is 11.6 Å². The summed E-state index contributed by atoms with van der Waals surface area (Å²) in [6.07, 6.45) is 2.13. The molecule has 0 aromatic carbocycles. The third-order valence-corrected chi connectivity index (χ3v) is 4.34. The van der Waals surface area contributed by atoms with Crippen LogP contribution in [0.1, 0.15) is 43.6 Å². The van der Waals surface area contributed by atoms with Gasteiger partial charge in [0.05, 0.1) is 23.2 Å². The van der Waals surface area contributed by atoms with Crippen molar-refractivity contribution < 1.29 is 4.74 Å². The van der Waals surface area contributed by atoms with Crippen LogP contribution < -0.4 is 0 Å². The first-order valence-electron chi connectivity index (χ1n) is 7.08. The summed E-state index contributed by atoms with van der Waals surface area (Å²) in [6, 6.07) is 0. The van der Waals surface area contributed by atoms with Crippen molar-refractivity contribution in [1.82, 2.24) is 19.3 Å². The number of halogens is 1. The van der Waals surface area contributed by atoms with Gasteiger partial charge in [0.1, 0.15) is 11.3 Å². The summed E-state index contributed by atoms with van der Waals surface area (Å²) in [5, 5.41) is 4.35. The summed E-state index contributed by atoms with van der Waals surface area (Å²) in [6.45, 7) is 7.71. The van der Waals surface area contributed by atoms with Gasteiger partial charge in [0.2, 0.25) is 0 Å². The zero-order valence-corrected chi connectivity index (χ0v) is 13.2. The van der Waals surface area contributed by atoms with Crippen LogP contribution in [0.15, 0.2) is 0 Å². The Morgan fingerprint density at radius 2 is 2.20 bits per heavy atom. The van der Waals surface area contributed by atoms with Crippen LogP contribution in [0.25, 0.3) is 11.2 Å². The predicted octanol–water partition coefficient (Wildman–Crippen LogP) is 2.90. The fourth-order valence-corrected chi connectivity index (χ4v) is 3.33. The molecule has 110 valence electrons. The predicted molar refractivity (Wildman–Crippen MR) is 79.2 cm³/mol. The van der Waals surface area contributed by atoms with Crippen molar-refractivity contribution in [2.24, 2.45) is 7.05 Å². The number of fused-ring (bicyclic) bond motifs is 1. The standard InChI is InChI=1S/C14H21ClN4O/c1-9(15)12-16-11-10(2)17-18(4)13(11)19(12)14(3)6-5-7-20-8-14/h9H,5-8H2,1-4H3.